The van der Waals surface area contributed by atoms with Gasteiger partial charge in [0.1, 0.15) is 0 Å². The Bertz CT molecular complexity index is 1370. The van der Waals surface area contributed by atoms with Crippen LogP contribution in [0.1, 0.15) is 49.7 Å². The molecule has 3 saturated heterocycles. The number of carbonyl (C=O) groups excluding carboxylic acids is 3. The highest BCUT2D eigenvalue weighted by Crippen LogP contribution is 2.32. The summed E-state index contributed by atoms with van der Waals surface area (Å²) < 4.78 is 6.00. The Kier molecular flexibility index (Phi) is 10.4. The monoisotopic (exact) mass is 655 g/mol. The number of nitrogens with one attached hydrogen (secondary N) is 2. The molecule has 11 heteroatoms. The zero-order valence-corrected chi connectivity index (χ0v) is 27.2. The van der Waals surface area contributed by atoms with E-state index >= 15 is 0 Å². The minimum atomic E-state index is -0.960. The van der Waals surface area contributed by atoms with Crippen LogP contribution in [-0.4, -0.2) is 90.7 Å². The summed E-state index contributed by atoms with van der Waals surface area (Å²) in [4.78, 5) is 45.9. The predicted molar refractivity (Wildman–Crippen MR) is 176 cm³/mol. The van der Waals surface area contributed by atoms with Crippen molar-refractivity contribution >= 4 is 46.9 Å². The Balaban J connectivity index is 1.07. The van der Waals surface area contributed by atoms with Crippen LogP contribution in [0.3, 0.4) is 0 Å². The molecule has 0 saturated carbocycles. The van der Waals surface area contributed by atoms with Gasteiger partial charge in [0.15, 0.2) is 6.10 Å². The van der Waals surface area contributed by atoms with Crippen molar-refractivity contribution in [3.05, 3.63) is 63.6 Å². The zero-order valence-electron chi connectivity index (χ0n) is 25.7. The Morgan fingerprint density at radius 3 is 2.27 bits per heavy atom. The van der Waals surface area contributed by atoms with E-state index in [4.69, 9.17) is 27.9 Å². The van der Waals surface area contributed by atoms with Crippen LogP contribution in [0, 0.1) is 11.8 Å². The summed E-state index contributed by atoms with van der Waals surface area (Å²) >= 11 is 12.4. The third-order valence-electron chi connectivity index (χ3n) is 10.1. The summed E-state index contributed by atoms with van der Waals surface area (Å²) in [6.07, 6.45) is 5.20. The SMILES string of the molecule is O=C(O[C@H](Cc1ccc(Cl)c(Cl)c1)C(=O)N1CCC(C2CCNCC2)CC1)N1CCC(N2CCc3ccccc3NC2=O)CC1. The molecule has 4 amide bonds. The minimum absolute atomic E-state index is 0.0261. The maximum Gasteiger partial charge on any atom is 0.410 e. The summed E-state index contributed by atoms with van der Waals surface area (Å²) in [7, 11) is 0. The summed E-state index contributed by atoms with van der Waals surface area (Å²) in [5.41, 5.74) is 2.77. The van der Waals surface area contributed by atoms with Gasteiger partial charge in [-0.1, -0.05) is 47.5 Å². The first kappa shape index (κ1) is 32.0. The molecule has 3 fully saturated rings. The van der Waals surface area contributed by atoms with Crippen LogP contribution in [0.15, 0.2) is 42.5 Å². The van der Waals surface area contributed by atoms with Crippen LogP contribution in [-0.2, 0) is 22.4 Å². The third kappa shape index (κ3) is 7.69. The number of para-hydroxylation sites is 1. The number of fused-ring (bicyclic) bond motifs is 1. The van der Waals surface area contributed by atoms with Crippen molar-refractivity contribution < 1.29 is 19.1 Å². The van der Waals surface area contributed by atoms with Crippen molar-refractivity contribution in [2.45, 2.75) is 63.5 Å². The number of likely N-dealkylation sites (tertiary alicyclic amines) is 2. The lowest BCUT2D eigenvalue weighted by atomic mass is 9.79. The maximum absolute atomic E-state index is 13.9. The lowest BCUT2D eigenvalue weighted by Gasteiger charge is -2.39. The average molecular weight is 657 g/mol. The number of hydrogen-bond donors (Lipinski definition) is 2. The molecule has 2 N–H and O–H groups in total. The van der Waals surface area contributed by atoms with Gasteiger partial charge >= 0.3 is 12.1 Å². The number of hydrogen-bond acceptors (Lipinski definition) is 5. The van der Waals surface area contributed by atoms with E-state index in [9.17, 15) is 14.4 Å². The second-order valence-electron chi connectivity index (χ2n) is 12.8. The maximum atomic E-state index is 13.9. The summed E-state index contributed by atoms with van der Waals surface area (Å²) in [6, 6.07) is 13.1. The number of rotatable bonds is 6. The van der Waals surface area contributed by atoms with Crippen molar-refractivity contribution in [1.29, 1.82) is 0 Å². The van der Waals surface area contributed by atoms with Crippen LogP contribution in [0.5, 0.6) is 0 Å². The number of urea groups is 1. The van der Waals surface area contributed by atoms with Gasteiger partial charge in [0, 0.05) is 50.9 Å². The van der Waals surface area contributed by atoms with Crippen LogP contribution < -0.4 is 10.6 Å². The fourth-order valence-electron chi connectivity index (χ4n) is 7.47. The van der Waals surface area contributed by atoms with E-state index in [0.717, 1.165) is 49.2 Å². The van der Waals surface area contributed by atoms with Gasteiger partial charge in [0.25, 0.3) is 5.91 Å². The second kappa shape index (κ2) is 14.6. The average Bonchev–Trinajstić information content (AvgIpc) is 3.24. The highest BCUT2D eigenvalue weighted by molar-refractivity contribution is 6.42. The lowest BCUT2D eigenvalue weighted by Crippen LogP contribution is -2.52. The fourth-order valence-corrected chi connectivity index (χ4v) is 7.79. The summed E-state index contributed by atoms with van der Waals surface area (Å²) in [6.45, 7) is 5.04. The van der Waals surface area contributed by atoms with Crippen LogP contribution >= 0.6 is 23.2 Å². The molecule has 9 nitrogen and oxygen atoms in total. The summed E-state index contributed by atoms with van der Waals surface area (Å²) in [5.74, 6) is 1.19. The number of anilines is 1. The molecule has 0 bridgehead atoms. The van der Waals surface area contributed by atoms with E-state index in [1.807, 2.05) is 40.1 Å². The highest BCUT2D eigenvalue weighted by atomic mass is 35.5. The molecule has 2 aromatic carbocycles. The van der Waals surface area contributed by atoms with E-state index in [1.54, 1.807) is 17.0 Å². The van der Waals surface area contributed by atoms with Crippen LogP contribution in [0.4, 0.5) is 15.3 Å². The Morgan fingerprint density at radius 2 is 1.53 bits per heavy atom. The topological polar surface area (TPSA) is 94.2 Å². The molecule has 0 aromatic heterocycles. The second-order valence-corrected chi connectivity index (χ2v) is 13.6. The molecule has 242 valence electrons. The molecule has 1 atom stereocenters. The Hall–Kier alpha value is -3.01. The van der Waals surface area contributed by atoms with Gasteiger partial charge in [-0.2, -0.15) is 0 Å². The molecule has 0 spiro atoms. The summed E-state index contributed by atoms with van der Waals surface area (Å²) in [5, 5.41) is 7.32. The first-order chi connectivity index (χ1) is 21.9. The molecule has 4 aliphatic rings. The van der Waals surface area contributed by atoms with E-state index in [0.29, 0.717) is 67.4 Å². The first-order valence-electron chi connectivity index (χ1n) is 16.4. The molecule has 0 unspecified atom stereocenters. The van der Waals surface area contributed by atoms with E-state index in [-0.39, 0.29) is 24.4 Å². The minimum Gasteiger partial charge on any atom is -0.436 e. The lowest BCUT2D eigenvalue weighted by molar-refractivity contribution is -0.142. The number of benzene rings is 2. The number of ether oxygens (including phenoxy) is 1. The molecule has 4 heterocycles. The molecular weight excluding hydrogens is 613 g/mol. The van der Waals surface area contributed by atoms with Gasteiger partial charge in [0.05, 0.1) is 10.0 Å². The molecule has 6 rings (SSSR count). The molecule has 2 aromatic rings. The fraction of sp³-hybridized carbons (Fsp3) is 0.559. The standard InChI is InChI=1S/C34H43Cl2N5O4/c35-28-6-5-23(21-29(28)36)22-31(32(42)39-16-9-25(10-17-39)24-7-14-37-15-8-24)45-34(44)40-18-12-27(13-19-40)41-20-11-26-3-1-2-4-30(26)38-33(41)43/h1-6,21,24-25,27,31,37H,7-20,22H2,(H,38,43)/t31-/m1/s1. The van der Waals surface area contributed by atoms with Gasteiger partial charge < -0.3 is 30.1 Å². The van der Waals surface area contributed by atoms with Gasteiger partial charge in [-0.3, -0.25) is 4.79 Å². The van der Waals surface area contributed by atoms with E-state index < -0.39 is 12.2 Å². The van der Waals surface area contributed by atoms with Crippen LogP contribution in [0.2, 0.25) is 10.0 Å². The largest absolute Gasteiger partial charge is 0.436 e. The molecular formula is C34H43Cl2N5O4. The quantitative estimate of drug-likeness (QED) is 0.408. The number of amides is 4. The number of piperidine rings is 3. The first-order valence-corrected chi connectivity index (χ1v) is 17.2. The molecule has 45 heavy (non-hydrogen) atoms. The van der Waals surface area contributed by atoms with E-state index in [1.165, 1.54) is 12.8 Å². The van der Waals surface area contributed by atoms with Crippen molar-refractivity contribution in [3.8, 4) is 0 Å². The molecule has 4 aliphatic heterocycles. The smallest absolute Gasteiger partial charge is 0.410 e. The van der Waals surface area contributed by atoms with Crippen LogP contribution in [0.25, 0.3) is 0 Å². The Labute approximate surface area is 275 Å². The van der Waals surface area contributed by atoms with Crippen molar-refractivity contribution in [3.63, 3.8) is 0 Å². The number of halogens is 2. The highest BCUT2D eigenvalue weighted by Gasteiger charge is 2.36. The zero-order chi connectivity index (χ0) is 31.3. The van der Waals surface area contributed by atoms with Crippen molar-refractivity contribution in [2.24, 2.45) is 11.8 Å². The van der Waals surface area contributed by atoms with E-state index in [2.05, 4.69) is 10.6 Å². The van der Waals surface area contributed by atoms with Gasteiger partial charge in [-0.15, -0.1) is 0 Å². The normalized spacial score (nSPS) is 21.1. The van der Waals surface area contributed by atoms with Gasteiger partial charge in [0.2, 0.25) is 0 Å². The number of nitrogens with zero attached hydrogens (tertiary/aromatic N) is 3. The van der Waals surface area contributed by atoms with Gasteiger partial charge in [-0.25, -0.2) is 9.59 Å². The molecule has 0 radical (unpaired) electrons. The van der Waals surface area contributed by atoms with Gasteiger partial charge in [-0.05, 0) is 99.2 Å². The predicted octanol–water partition coefficient (Wildman–Crippen LogP) is 5.83. The van der Waals surface area contributed by atoms with Crippen molar-refractivity contribution in [2.75, 3.05) is 51.1 Å². The third-order valence-corrected chi connectivity index (χ3v) is 10.9. The number of carbonyl (C=O) groups is 3. The molecule has 0 aliphatic carbocycles. The van der Waals surface area contributed by atoms with Crippen molar-refractivity contribution in [1.82, 2.24) is 20.0 Å². The Morgan fingerprint density at radius 1 is 0.844 bits per heavy atom.